The van der Waals surface area contributed by atoms with Gasteiger partial charge in [-0.2, -0.15) is 26.3 Å². The molecule has 0 radical (unpaired) electrons. The van der Waals surface area contributed by atoms with Crippen molar-refractivity contribution in [1.29, 1.82) is 0 Å². The van der Waals surface area contributed by atoms with Gasteiger partial charge in [0.25, 0.3) is 0 Å². The first-order chi connectivity index (χ1) is 12.8. The van der Waals surface area contributed by atoms with Gasteiger partial charge in [-0.3, -0.25) is 9.69 Å². The van der Waals surface area contributed by atoms with Crippen LogP contribution in [0.3, 0.4) is 0 Å². The zero-order valence-corrected chi connectivity index (χ0v) is 16.0. The molecule has 1 aromatic carbocycles. The zero-order valence-electron chi connectivity index (χ0n) is 16.0. The summed E-state index contributed by atoms with van der Waals surface area (Å²) in [6, 6.07) is 4.03. The molecular formula is C19H24F6N2O. The van der Waals surface area contributed by atoms with Crippen molar-refractivity contribution in [3.05, 3.63) is 34.4 Å². The van der Waals surface area contributed by atoms with Crippen LogP contribution >= 0.6 is 0 Å². The average Bonchev–Trinajstić information content (AvgIpc) is 2.94. The van der Waals surface area contributed by atoms with Crippen LogP contribution in [0.25, 0.3) is 0 Å². The summed E-state index contributed by atoms with van der Waals surface area (Å²) in [6.07, 6.45) is -11.4. The molecule has 0 unspecified atom stereocenters. The number of nitrogens with one attached hydrogen (secondary N) is 1. The van der Waals surface area contributed by atoms with E-state index in [2.05, 4.69) is 5.32 Å². The summed E-state index contributed by atoms with van der Waals surface area (Å²) in [7, 11) is 0. The monoisotopic (exact) mass is 410 g/mol. The smallest absolute Gasteiger partial charge is 0.355 e. The van der Waals surface area contributed by atoms with Gasteiger partial charge in [-0.1, -0.05) is 17.7 Å². The molecule has 28 heavy (non-hydrogen) atoms. The quantitative estimate of drug-likeness (QED) is 0.742. The van der Waals surface area contributed by atoms with Gasteiger partial charge < -0.3 is 5.32 Å². The van der Waals surface area contributed by atoms with E-state index in [0.717, 1.165) is 27.2 Å². The first kappa shape index (κ1) is 22.5. The normalized spacial score (nSPS) is 17.8. The van der Waals surface area contributed by atoms with Crippen LogP contribution in [0.15, 0.2) is 12.1 Å². The molecule has 3 nitrogen and oxygen atoms in total. The molecule has 2 rings (SSSR count). The molecule has 1 N–H and O–H groups in total. The van der Waals surface area contributed by atoms with Crippen LogP contribution in [-0.2, 0) is 11.2 Å². The number of benzene rings is 1. The van der Waals surface area contributed by atoms with Crippen molar-refractivity contribution < 1.29 is 31.1 Å². The Morgan fingerprint density at radius 1 is 1.07 bits per heavy atom. The molecule has 0 aromatic heterocycles. The first-order valence-corrected chi connectivity index (χ1v) is 8.96. The van der Waals surface area contributed by atoms with Gasteiger partial charge in [0.05, 0.1) is 6.54 Å². The molecule has 0 saturated carbocycles. The minimum atomic E-state index is -5.41. The summed E-state index contributed by atoms with van der Waals surface area (Å²) in [6.45, 7) is 3.99. The van der Waals surface area contributed by atoms with E-state index in [0.29, 0.717) is 6.42 Å². The van der Waals surface area contributed by atoms with Crippen LogP contribution in [0.1, 0.15) is 28.7 Å². The van der Waals surface area contributed by atoms with Crippen molar-refractivity contribution in [3.63, 3.8) is 0 Å². The van der Waals surface area contributed by atoms with Crippen LogP contribution < -0.4 is 5.32 Å². The minimum Gasteiger partial charge on any atom is -0.355 e. The largest absolute Gasteiger partial charge is 0.404 e. The Hall–Kier alpha value is -1.77. The molecule has 1 fully saturated rings. The van der Waals surface area contributed by atoms with Gasteiger partial charge in [0, 0.05) is 13.1 Å². The van der Waals surface area contributed by atoms with Crippen molar-refractivity contribution in [2.24, 2.45) is 5.41 Å². The molecule has 0 spiro atoms. The number of carbonyl (C=O) groups is 1. The lowest BCUT2D eigenvalue weighted by Crippen LogP contribution is -2.52. The van der Waals surface area contributed by atoms with E-state index >= 15 is 0 Å². The van der Waals surface area contributed by atoms with Crippen molar-refractivity contribution in [1.82, 2.24) is 10.2 Å². The van der Waals surface area contributed by atoms with Gasteiger partial charge >= 0.3 is 12.4 Å². The number of aryl methyl sites for hydroxylation is 3. The van der Waals surface area contributed by atoms with Gasteiger partial charge in [-0.05, 0) is 56.8 Å². The molecule has 0 bridgehead atoms. The van der Waals surface area contributed by atoms with E-state index in [4.69, 9.17) is 0 Å². The number of hydrogen-bond acceptors (Lipinski definition) is 2. The highest BCUT2D eigenvalue weighted by molar-refractivity contribution is 5.78. The number of alkyl halides is 6. The van der Waals surface area contributed by atoms with Crippen LogP contribution in [-0.4, -0.2) is 49.3 Å². The predicted octanol–water partition coefficient (Wildman–Crippen LogP) is 4.09. The van der Waals surface area contributed by atoms with E-state index in [1.54, 1.807) is 0 Å². The Kier molecular flexibility index (Phi) is 6.37. The van der Waals surface area contributed by atoms with Crippen molar-refractivity contribution in [2.45, 2.75) is 46.0 Å². The minimum absolute atomic E-state index is 0.265. The number of amides is 1. The molecule has 1 aliphatic heterocycles. The van der Waals surface area contributed by atoms with E-state index in [9.17, 15) is 31.1 Å². The van der Waals surface area contributed by atoms with E-state index < -0.39 is 49.7 Å². The predicted molar refractivity (Wildman–Crippen MR) is 93.0 cm³/mol. The lowest BCUT2D eigenvalue weighted by molar-refractivity contribution is -0.335. The van der Waals surface area contributed by atoms with Crippen LogP contribution in [0.4, 0.5) is 26.3 Å². The highest BCUT2D eigenvalue weighted by atomic mass is 19.4. The number of carbonyl (C=O) groups excluding carboxylic acids is 1. The molecule has 1 amide bonds. The lowest BCUT2D eigenvalue weighted by atomic mass is 9.85. The second-order valence-corrected chi connectivity index (χ2v) is 7.52. The summed E-state index contributed by atoms with van der Waals surface area (Å²) in [5.41, 5.74) is 0.573. The highest BCUT2D eigenvalue weighted by Crippen LogP contribution is 2.55. The molecular weight excluding hydrogens is 386 g/mol. The molecule has 1 saturated heterocycles. The van der Waals surface area contributed by atoms with Crippen LogP contribution in [0.2, 0.25) is 0 Å². The standard InChI is InChI=1S/C19H24F6N2O/c1-12-8-13(2)15(14(3)9-12)4-6-26-16(28)10-27-7-5-17(11-27,18(20,21)22)19(23,24)25/h8-9H,4-7,10-11H2,1-3H3,(H,26,28). The summed E-state index contributed by atoms with van der Waals surface area (Å²) < 4.78 is 78.4. The summed E-state index contributed by atoms with van der Waals surface area (Å²) >= 11 is 0. The number of nitrogens with zero attached hydrogens (tertiary/aromatic N) is 1. The summed E-state index contributed by atoms with van der Waals surface area (Å²) in [4.78, 5) is 12.9. The molecule has 1 heterocycles. The second kappa shape index (κ2) is 7.93. The highest BCUT2D eigenvalue weighted by Gasteiger charge is 2.72. The van der Waals surface area contributed by atoms with Gasteiger partial charge in [0.15, 0.2) is 5.41 Å². The Bertz CT molecular complexity index is 689. The molecule has 9 heteroatoms. The number of hydrogen-bond donors (Lipinski definition) is 1. The Labute approximate surface area is 160 Å². The Morgan fingerprint density at radius 3 is 2.07 bits per heavy atom. The fourth-order valence-corrected chi connectivity index (χ4v) is 3.84. The van der Waals surface area contributed by atoms with Gasteiger partial charge in [-0.15, -0.1) is 0 Å². The lowest BCUT2D eigenvalue weighted by Gasteiger charge is -2.33. The fraction of sp³-hybridized carbons (Fsp3) is 0.632. The molecule has 1 aliphatic rings. The van der Waals surface area contributed by atoms with Crippen molar-refractivity contribution >= 4 is 5.91 Å². The Balaban J connectivity index is 1.91. The van der Waals surface area contributed by atoms with E-state index in [-0.39, 0.29) is 6.54 Å². The van der Waals surface area contributed by atoms with Gasteiger partial charge in [0.1, 0.15) is 0 Å². The summed E-state index contributed by atoms with van der Waals surface area (Å²) in [5.74, 6) is -0.581. The molecule has 0 aliphatic carbocycles. The third-order valence-electron chi connectivity index (χ3n) is 5.34. The zero-order chi connectivity index (χ0) is 21.3. The molecule has 158 valence electrons. The number of halogens is 6. The Morgan fingerprint density at radius 2 is 1.61 bits per heavy atom. The fourth-order valence-electron chi connectivity index (χ4n) is 3.84. The SMILES string of the molecule is Cc1cc(C)c(CCNC(=O)CN2CCC(C(F)(F)F)(C(F)(F)F)C2)c(C)c1. The first-order valence-electron chi connectivity index (χ1n) is 8.96. The third kappa shape index (κ3) is 4.61. The van der Waals surface area contributed by atoms with E-state index in [1.807, 2.05) is 32.9 Å². The molecule has 0 atom stereocenters. The number of rotatable bonds is 5. The van der Waals surface area contributed by atoms with Crippen LogP contribution in [0.5, 0.6) is 0 Å². The maximum atomic E-state index is 13.1. The van der Waals surface area contributed by atoms with Gasteiger partial charge in [0.2, 0.25) is 5.91 Å². The van der Waals surface area contributed by atoms with E-state index in [1.165, 1.54) is 0 Å². The molecule has 1 aromatic rings. The van der Waals surface area contributed by atoms with Gasteiger partial charge in [-0.25, -0.2) is 0 Å². The number of likely N-dealkylation sites (tertiary alicyclic amines) is 1. The van der Waals surface area contributed by atoms with Crippen LogP contribution in [0, 0.1) is 26.2 Å². The summed E-state index contributed by atoms with van der Waals surface area (Å²) in [5, 5.41) is 2.59. The maximum absolute atomic E-state index is 13.1. The third-order valence-corrected chi connectivity index (χ3v) is 5.34. The second-order valence-electron chi connectivity index (χ2n) is 7.52. The topological polar surface area (TPSA) is 32.3 Å². The van der Waals surface area contributed by atoms with Crippen molar-refractivity contribution in [3.8, 4) is 0 Å². The van der Waals surface area contributed by atoms with Crippen molar-refractivity contribution in [2.75, 3.05) is 26.2 Å². The maximum Gasteiger partial charge on any atom is 0.404 e. The average molecular weight is 410 g/mol.